The van der Waals surface area contributed by atoms with Crippen molar-refractivity contribution in [1.82, 2.24) is 0 Å². The van der Waals surface area contributed by atoms with E-state index in [2.05, 4.69) is 12.2 Å². The van der Waals surface area contributed by atoms with Crippen LogP contribution in [0.2, 0.25) is 15.1 Å². The molecule has 0 spiro atoms. The van der Waals surface area contributed by atoms with E-state index in [0.29, 0.717) is 38.7 Å². The van der Waals surface area contributed by atoms with Crippen LogP contribution in [0.4, 0.5) is 5.69 Å². The van der Waals surface area contributed by atoms with Gasteiger partial charge in [0, 0.05) is 16.3 Å². The second-order valence-corrected chi connectivity index (χ2v) is 7.27. The lowest BCUT2D eigenvalue weighted by Gasteiger charge is -2.13. The Labute approximate surface area is 169 Å². The summed E-state index contributed by atoms with van der Waals surface area (Å²) in [7, 11) is 0. The van der Waals surface area contributed by atoms with Gasteiger partial charge >= 0.3 is 0 Å². The molecule has 2 aromatic carbocycles. The zero-order valence-corrected chi connectivity index (χ0v) is 17.1. The predicted molar refractivity (Wildman–Crippen MR) is 110 cm³/mol. The molecule has 0 aromatic heterocycles. The Hall–Kier alpha value is -1.42. The van der Waals surface area contributed by atoms with E-state index in [9.17, 15) is 4.79 Å². The number of benzene rings is 2. The molecule has 0 unspecified atom stereocenters. The Morgan fingerprint density at radius 1 is 1.04 bits per heavy atom. The number of halogens is 3. The second-order valence-electron chi connectivity index (χ2n) is 6.04. The lowest BCUT2D eigenvalue weighted by atomic mass is 10.1. The van der Waals surface area contributed by atoms with E-state index < -0.39 is 0 Å². The highest BCUT2D eigenvalue weighted by atomic mass is 35.5. The molecule has 0 saturated heterocycles. The molecule has 1 amide bonds. The van der Waals surface area contributed by atoms with Gasteiger partial charge in [-0.3, -0.25) is 4.79 Å². The topological polar surface area (TPSA) is 38.3 Å². The summed E-state index contributed by atoms with van der Waals surface area (Å²) in [6.45, 7) is 4.54. The molecule has 3 nitrogen and oxygen atoms in total. The molecule has 2 aromatic rings. The Bertz CT molecular complexity index is 755. The first-order valence-electron chi connectivity index (χ1n) is 8.62. The maximum Gasteiger partial charge on any atom is 0.255 e. The van der Waals surface area contributed by atoms with Crippen molar-refractivity contribution < 1.29 is 9.53 Å². The molecule has 1 N–H and O–H groups in total. The van der Waals surface area contributed by atoms with E-state index >= 15 is 0 Å². The van der Waals surface area contributed by atoms with Gasteiger partial charge in [0.2, 0.25) is 0 Å². The van der Waals surface area contributed by atoms with Gasteiger partial charge in [0.1, 0.15) is 0 Å². The number of nitrogens with one attached hydrogen (secondary N) is 1. The van der Waals surface area contributed by atoms with Crippen molar-refractivity contribution in [2.75, 3.05) is 11.9 Å². The van der Waals surface area contributed by atoms with Crippen LogP contribution in [0.5, 0.6) is 5.75 Å². The number of rotatable bonds is 8. The van der Waals surface area contributed by atoms with E-state index in [0.717, 1.165) is 24.8 Å². The fraction of sp³-hybridized carbons (Fsp3) is 0.350. The van der Waals surface area contributed by atoms with Gasteiger partial charge in [0.05, 0.1) is 16.7 Å². The fourth-order valence-electron chi connectivity index (χ4n) is 2.47. The number of anilines is 1. The van der Waals surface area contributed by atoms with Crippen LogP contribution in [-0.4, -0.2) is 12.5 Å². The first-order valence-corrected chi connectivity index (χ1v) is 9.75. The molecule has 0 atom stereocenters. The summed E-state index contributed by atoms with van der Waals surface area (Å²) in [6, 6.07) is 8.46. The minimum atomic E-state index is -0.311. The molecule has 2 rings (SSSR count). The molecule has 6 heteroatoms. The highest BCUT2D eigenvalue weighted by Gasteiger charge is 2.15. The van der Waals surface area contributed by atoms with Crippen LogP contribution < -0.4 is 10.1 Å². The van der Waals surface area contributed by atoms with Crippen molar-refractivity contribution >= 4 is 46.4 Å². The maximum atomic E-state index is 12.5. The smallest absolute Gasteiger partial charge is 0.255 e. The summed E-state index contributed by atoms with van der Waals surface area (Å²) in [5.74, 6) is 0.106. The first kappa shape index (κ1) is 20.9. The number of ether oxygens (including phenoxy) is 1. The molecular formula is C20H22Cl3NO2. The van der Waals surface area contributed by atoms with Gasteiger partial charge in [-0.2, -0.15) is 0 Å². The first-order chi connectivity index (χ1) is 12.4. The normalized spacial score (nSPS) is 10.7. The third-order valence-electron chi connectivity index (χ3n) is 4.02. The molecule has 0 aliphatic heterocycles. The standard InChI is InChI=1S/C20H22Cl3NO2/c1-3-4-5-6-10-26-19-16(22)11-14(12-17(19)23)20(25)24-18-9-7-8-15(21)13(18)2/h7-9,11-12H,3-6,10H2,1-2H3,(H,24,25). The number of amides is 1. The van der Waals surface area contributed by atoms with Gasteiger partial charge in [-0.05, 0) is 43.2 Å². The minimum Gasteiger partial charge on any atom is -0.490 e. The molecule has 0 aliphatic rings. The van der Waals surface area contributed by atoms with Gasteiger partial charge in [-0.25, -0.2) is 0 Å². The summed E-state index contributed by atoms with van der Waals surface area (Å²) < 4.78 is 5.69. The summed E-state index contributed by atoms with van der Waals surface area (Å²) in [6.07, 6.45) is 4.38. The molecule has 0 fully saturated rings. The van der Waals surface area contributed by atoms with Crippen LogP contribution in [-0.2, 0) is 0 Å². The quantitative estimate of drug-likeness (QED) is 0.465. The van der Waals surface area contributed by atoms with Crippen molar-refractivity contribution in [1.29, 1.82) is 0 Å². The number of hydrogen-bond acceptors (Lipinski definition) is 2. The van der Waals surface area contributed by atoms with E-state index in [1.807, 2.05) is 6.92 Å². The van der Waals surface area contributed by atoms with E-state index in [1.54, 1.807) is 30.3 Å². The van der Waals surface area contributed by atoms with E-state index in [4.69, 9.17) is 39.5 Å². The molecule has 0 aliphatic carbocycles. The second kappa shape index (κ2) is 10.1. The predicted octanol–water partition coefficient (Wildman–Crippen LogP) is 7.17. The summed E-state index contributed by atoms with van der Waals surface area (Å²) in [5, 5.41) is 4.06. The van der Waals surface area contributed by atoms with Crippen LogP contribution in [0.15, 0.2) is 30.3 Å². The monoisotopic (exact) mass is 413 g/mol. The lowest BCUT2D eigenvalue weighted by molar-refractivity contribution is 0.102. The van der Waals surface area contributed by atoms with Crippen molar-refractivity contribution in [3.63, 3.8) is 0 Å². The van der Waals surface area contributed by atoms with Crippen LogP contribution in [0.1, 0.15) is 48.5 Å². The zero-order valence-electron chi connectivity index (χ0n) is 14.9. The van der Waals surface area contributed by atoms with Gasteiger partial charge in [0.15, 0.2) is 5.75 Å². The summed E-state index contributed by atoms with van der Waals surface area (Å²) >= 11 is 18.6. The average Bonchev–Trinajstić information content (AvgIpc) is 2.60. The molecule has 140 valence electrons. The number of unbranched alkanes of at least 4 members (excludes halogenated alkanes) is 3. The van der Waals surface area contributed by atoms with Crippen LogP contribution in [0.3, 0.4) is 0 Å². The van der Waals surface area contributed by atoms with Crippen molar-refractivity contribution in [3.05, 3.63) is 56.5 Å². The fourth-order valence-corrected chi connectivity index (χ4v) is 3.24. The van der Waals surface area contributed by atoms with Gasteiger partial charge < -0.3 is 10.1 Å². The van der Waals surface area contributed by atoms with Gasteiger partial charge in [-0.1, -0.05) is 67.1 Å². The molecule has 26 heavy (non-hydrogen) atoms. The third-order valence-corrected chi connectivity index (χ3v) is 4.99. The molecule has 0 saturated carbocycles. The highest BCUT2D eigenvalue weighted by Crippen LogP contribution is 2.35. The Kier molecular flexibility index (Phi) is 8.08. The van der Waals surface area contributed by atoms with Crippen molar-refractivity contribution in [2.45, 2.75) is 39.5 Å². The van der Waals surface area contributed by atoms with Crippen LogP contribution >= 0.6 is 34.8 Å². The molecular weight excluding hydrogens is 393 g/mol. The van der Waals surface area contributed by atoms with E-state index in [-0.39, 0.29) is 5.91 Å². The third kappa shape index (κ3) is 5.54. The van der Waals surface area contributed by atoms with Crippen LogP contribution in [0.25, 0.3) is 0 Å². The highest BCUT2D eigenvalue weighted by molar-refractivity contribution is 6.38. The summed E-state index contributed by atoms with van der Waals surface area (Å²) in [4.78, 5) is 12.5. The summed E-state index contributed by atoms with van der Waals surface area (Å²) in [5.41, 5.74) is 1.80. The number of carbonyl (C=O) groups is 1. The molecule has 0 radical (unpaired) electrons. The Balaban J connectivity index is 2.08. The van der Waals surface area contributed by atoms with Crippen molar-refractivity contribution in [3.8, 4) is 5.75 Å². The van der Waals surface area contributed by atoms with Crippen LogP contribution in [0, 0.1) is 6.92 Å². The van der Waals surface area contributed by atoms with Gasteiger partial charge in [-0.15, -0.1) is 0 Å². The minimum absolute atomic E-state index is 0.311. The largest absolute Gasteiger partial charge is 0.490 e. The number of carbonyl (C=O) groups excluding carboxylic acids is 1. The number of hydrogen-bond donors (Lipinski definition) is 1. The maximum absolute atomic E-state index is 12.5. The lowest BCUT2D eigenvalue weighted by Crippen LogP contribution is -2.13. The molecule has 0 heterocycles. The van der Waals surface area contributed by atoms with E-state index in [1.165, 1.54) is 6.42 Å². The molecule has 0 bridgehead atoms. The average molecular weight is 415 g/mol. The zero-order chi connectivity index (χ0) is 19.1. The Morgan fingerprint density at radius 2 is 1.73 bits per heavy atom. The Morgan fingerprint density at radius 3 is 2.38 bits per heavy atom. The van der Waals surface area contributed by atoms with Gasteiger partial charge in [0.25, 0.3) is 5.91 Å². The van der Waals surface area contributed by atoms with Crippen molar-refractivity contribution in [2.24, 2.45) is 0 Å². The SMILES string of the molecule is CCCCCCOc1c(Cl)cc(C(=O)Nc2cccc(Cl)c2C)cc1Cl.